The lowest BCUT2D eigenvalue weighted by Gasteiger charge is -2.30. The van der Waals surface area contributed by atoms with Gasteiger partial charge in [0.05, 0.1) is 11.4 Å². The van der Waals surface area contributed by atoms with Crippen LogP contribution in [0.5, 0.6) is 0 Å². The van der Waals surface area contributed by atoms with Crippen LogP contribution in [0.3, 0.4) is 0 Å². The summed E-state index contributed by atoms with van der Waals surface area (Å²) >= 11 is 0. The molecule has 6 nitrogen and oxygen atoms in total. The van der Waals surface area contributed by atoms with Gasteiger partial charge in [0, 0.05) is 45.2 Å². The molecule has 0 aromatic heterocycles. The minimum atomic E-state index is -0.938. The van der Waals surface area contributed by atoms with Gasteiger partial charge in [-0.05, 0) is 80.8 Å². The first-order valence-electron chi connectivity index (χ1n) is 14.0. The number of nitrogens with zero attached hydrogens (tertiary/aromatic N) is 2. The maximum Gasteiger partial charge on any atom is 0.265 e. The van der Waals surface area contributed by atoms with Crippen LogP contribution in [0.2, 0.25) is 0 Å². The highest BCUT2D eigenvalue weighted by Crippen LogP contribution is 2.47. The van der Waals surface area contributed by atoms with Crippen molar-refractivity contribution < 1.29 is 36.7 Å². The number of anilines is 2. The molecule has 46 heavy (non-hydrogen) atoms. The van der Waals surface area contributed by atoms with Crippen LogP contribution in [-0.4, -0.2) is 23.6 Å². The smallest absolute Gasteiger partial charge is 0.265 e. The number of amides is 4. The molecule has 7 aromatic rings. The molecule has 0 unspecified atom stereocenters. The highest BCUT2D eigenvalue weighted by molar-refractivity contribution is 6.45. The Hall–Kier alpha value is -6.16. The second kappa shape index (κ2) is 8.72. The van der Waals surface area contributed by atoms with Crippen LogP contribution in [-0.2, 0) is 0 Å². The third-order valence-corrected chi connectivity index (χ3v) is 8.85. The fraction of sp³-hybridized carbons (Fsp3) is 0. The minimum Gasteiger partial charge on any atom is -0.268 e. The number of rotatable bonds is 2. The van der Waals surface area contributed by atoms with Gasteiger partial charge in [0.1, 0.15) is 23.3 Å². The van der Waals surface area contributed by atoms with Crippen molar-refractivity contribution in [1.82, 2.24) is 0 Å². The standard InChI is InChI=1S/C36H14F4N2O4/c37-15-9-16(38)12-19(11-15)41-33(43)25-5-1-21-22-2-6-27-32-28(36(46)42(35(27)45)20-13-17(39)10-18(40)14-20)8-4-24(30(22)32)23-3-7-26(34(41)44)31(25)29(21)23/h1-14H. The minimum absolute atomic E-state index is 0.164. The summed E-state index contributed by atoms with van der Waals surface area (Å²) in [5.41, 5.74) is 0.185. The number of carbonyl (C=O) groups excluding carboxylic acids is 4. The molecule has 10 heteroatoms. The Morgan fingerprint density at radius 1 is 0.348 bits per heavy atom. The molecule has 0 saturated carbocycles. The molecule has 0 aliphatic carbocycles. The quantitative estimate of drug-likeness (QED) is 0.0859. The molecule has 220 valence electrons. The predicted octanol–water partition coefficient (Wildman–Crippen LogP) is 7.89. The fourth-order valence-electron chi connectivity index (χ4n) is 7.07. The van der Waals surface area contributed by atoms with Gasteiger partial charge in [0.15, 0.2) is 0 Å². The molecule has 0 N–H and O–H groups in total. The summed E-state index contributed by atoms with van der Waals surface area (Å²) < 4.78 is 56.3. The maximum absolute atomic E-state index is 14.1. The largest absolute Gasteiger partial charge is 0.268 e. The Labute approximate surface area is 255 Å². The Bertz CT molecular complexity index is 2290. The Morgan fingerprint density at radius 3 is 0.870 bits per heavy atom. The van der Waals surface area contributed by atoms with Crippen LogP contribution in [0.15, 0.2) is 84.9 Å². The second-order valence-corrected chi connectivity index (χ2v) is 11.3. The maximum atomic E-state index is 14.1. The molecule has 0 radical (unpaired) electrons. The van der Waals surface area contributed by atoms with Crippen molar-refractivity contribution in [1.29, 1.82) is 0 Å². The summed E-state index contributed by atoms with van der Waals surface area (Å²) in [6, 6.07) is 17.9. The molecular weight excluding hydrogens is 600 g/mol. The van der Waals surface area contributed by atoms with Gasteiger partial charge in [-0.25, -0.2) is 27.4 Å². The van der Waals surface area contributed by atoms with E-state index in [1.807, 2.05) is 0 Å². The summed E-state index contributed by atoms with van der Waals surface area (Å²) in [6.07, 6.45) is 0. The molecule has 2 heterocycles. The molecular formula is C36H14F4N2O4. The monoisotopic (exact) mass is 614 g/mol. The van der Waals surface area contributed by atoms with Crippen molar-refractivity contribution in [3.05, 3.63) is 130 Å². The first-order chi connectivity index (χ1) is 22.1. The van der Waals surface area contributed by atoms with Crippen molar-refractivity contribution in [2.45, 2.75) is 0 Å². The molecule has 2 aliphatic rings. The van der Waals surface area contributed by atoms with Crippen molar-refractivity contribution in [2.75, 3.05) is 9.80 Å². The topological polar surface area (TPSA) is 74.8 Å². The molecule has 0 fully saturated rings. The van der Waals surface area contributed by atoms with Crippen molar-refractivity contribution in [3.8, 4) is 0 Å². The van der Waals surface area contributed by atoms with E-state index in [-0.39, 0.29) is 33.6 Å². The van der Waals surface area contributed by atoms with Crippen molar-refractivity contribution in [3.63, 3.8) is 0 Å². The Balaban J connectivity index is 1.30. The van der Waals surface area contributed by atoms with Gasteiger partial charge in [0.25, 0.3) is 23.6 Å². The van der Waals surface area contributed by atoms with Crippen LogP contribution in [0, 0.1) is 23.3 Å². The Morgan fingerprint density at radius 2 is 0.609 bits per heavy atom. The summed E-state index contributed by atoms with van der Waals surface area (Å²) in [7, 11) is 0. The molecule has 0 saturated heterocycles. The van der Waals surface area contributed by atoms with E-state index in [2.05, 4.69) is 0 Å². The van der Waals surface area contributed by atoms with E-state index in [1.54, 1.807) is 48.5 Å². The second-order valence-electron chi connectivity index (χ2n) is 11.3. The summed E-state index contributed by atoms with van der Waals surface area (Å²) in [5, 5.41) is 4.54. The molecule has 0 atom stereocenters. The highest BCUT2D eigenvalue weighted by atomic mass is 19.1. The normalized spacial score (nSPS) is 14.6. The van der Waals surface area contributed by atoms with E-state index < -0.39 is 46.9 Å². The highest BCUT2D eigenvalue weighted by Gasteiger charge is 2.38. The predicted molar refractivity (Wildman–Crippen MR) is 163 cm³/mol. The van der Waals surface area contributed by atoms with Gasteiger partial charge < -0.3 is 0 Å². The molecule has 7 aromatic carbocycles. The number of benzene rings is 7. The summed E-state index contributed by atoms with van der Waals surface area (Å²) in [5.74, 6) is -6.73. The first-order valence-corrected chi connectivity index (χ1v) is 14.0. The first kappa shape index (κ1) is 26.3. The van der Waals surface area contributed by atoms with Crippen LogP contribution >= 0.6 is 0 Å². The molecule has 2 aliphatic heterocycles. The van der Waals surface area contributed by atoms with Gasteiger partial charge >= 0.3 is 0 Å². The lowest BCUT2D eigenvalue weighted by molar-refractivity contribution is 0.0877. The molecule has 0 spiro atoms. The molecule has 4 amide bonds. The van der Waals surface area contributed by atoms with Crippen LogP contribution < -0.4 is 9.80 Å². The van der Waals surface area contributed by atoms with Gasteiger partial charge in [-0.1, -0.05) is 24.3 Å². The third-order valence-electron chi connectivity index (χ3n) is 8.85. The van der Waals surface area contributed by atoms with Crippen molar-refractivity contribution in [2.24, 2.45) is 0 Å². The number of carbonyl (C=O) groups is 4. The van der Waals surface area contributed by atoms with Gasteiger partial charge in [-0.2, -0.15) is 0 Å². The van der Waals surface area contributed by atoms with Gasteiger partial charge in [0.2, 0.25) is 0 Å². The summed E-state index contributed by atoms with van der Waals surface area (Å²) in [4.78, 5) is 56.4. The summed E-state index contributed by atoms with van der Waals surface area (Å²) in [6.45, 7) is 0. The van der Waals surface area contributed by atoms with Gasteiger partial charge in [-0.3, -0.25) is 19.2 Å². The SMILES string of the molecule is O=C1c2ccc3c4ccc5c6c(ccc(c7ccc(c2c37)C(=O)N1c1cc(F)cc(F)c1)c64)C(=O)N(c1cc(F)cc(F)c1)C5=O. The van der Waals surface area contributed by atoms with Crippen LogP contribution in [0.1, 0.15) is 41.4 Å². The van der Waals surface area contributed by atoms with E-state index in [1.165, 1.54) is 0 Å². The average molecular weight is 615 g/mol. The number of fused-ring (bicyclic) bond motifs is 2. The van der Waals surface area contributed by atoms with E-state index in [0.717, 1.165) is 34.1 Å². The van der Waals surface area contributed by atoms with Crippen molar-refractivity contribution >= 4 is 78.1 Å². The zero-order valence-electron chi connectivity index (χ0n) is 23.1. The molecule has 9 rings (SSSR count). The Kier molecular flexibility index (Phi) is 4.98. The van der Waals surface area contributed by atoms with E-state index in [0.29, 0.717) is 55.2 Å². The van der Waals surface area contributed by atoms with E-state index in [4.69, 9.17) is 0 Å². The number of hydrogen-bond donors (Lipinski definition) is 0. The lowest BCUT2D eigenvalue weighted by atomic mass is 9.82. The average Bonchev–Trinajstić information content (AvgIpc) is 3.01. The number of hydrogen-bond acceptors (Lipinski definition) is 4. The van der Waals surface area contributed by atoms with E-state index in [9.17, 15) is 36.7 Å². The van der Waals surface area contributed by atoms with E-state index >= 15 is 0 Å². The van der Waals surface area contributed by atoms with Crippen LogP contribution in [0.4, 0.5) is 28.9 Å². The van der Waals surface area contributed by atoms with Gasteiger partial charge in [-0.15, -0.1) is 0 Å². The fourth-order valence-corrected chi connectivity index (χ4v) is 7.07. The lowest BCUT2D eigenvalue weighted by Crippen LogP contribution is -2.40. The molecule has 0 bridgehead atoms. The zero-order chi connectivity index (χ0) is 31.8. The number of imide groups is 2. The third kappa shape index (κ3) is 3.24. The zero-order valence-corrected chi connectivity index (χ0v) is 23.1. The number of halogens is 4. The van der Waals surface area contributed by atoms with Crippen LogP contribution in [0.25, 0.3) is 43.1 Å².